The highest BCUT2D eigenvalue weighted by Gasteiger charge is 2.35. The van der Waals surface area contributed by atoms with Crippen molar-refractivity contribution in [1.29, 1.82) is 0 Å². The fraction of sp³-hybridized carbons (Fsp3) is 0.182. The van der Waals surface area contributed by atoms with Gasteiger partial charge in [0.15, 0.2) is 0 Å². The van der Waals surface area contributed by atoms with E-state index in [9.17, 15) is 9.59 Å². The molecule has 2 aromatic heterocycles. The van der Waals surface area contributed by atoms with Crippen LogP contribution in [-0.4, -0.2) is 74.2 Å². The van der Waals surface area contributed by atoms with E-state index in [1.807, 2.05) is 121 Å². The number of benzene rings is 5. The number of anilines is 3. The fourth-order valence-corrected chi connectivity index (χ4v) is 7.55. The van der Waals surface area contributed by atoms with Crippen LogP contribution in [0.1, 0.15) is 12.8 Å². The predicted molar refractivity (Wildman–Crippen MR) is 225 cm³/mol. The van der Waals surface area contributed by atoms with Crippen LogP contribution in [-0.2, 0) is 9.59 Å². The van der Waals surface area contributed by atoms with E-state index in [0.29, 0.717) is 54.0 Å². The molecule has 0 bridgehead atoms. The van der Waals surface area contributed by atoms with Gasteiger partial charge >= 0.3 is 0 Å². The molecule has 2 amide bonds. The standard InChI is InChI=1S/C44H38Cl2N8O2/c45-31-15-17-34(18-16-31)53-21-23-54(24-22-53)43(44(56)50-33-10-6-8-30(26-33)41-28-48-37-12-2-4-14-39(37)52-41)35(46)19-20-42(55)49-32-9-5-7-29(25-32)40-27-47-36-11-1-3-13-38(36)51-40/h1-18,25-28,35,43H,19-24H2,(H,49,55)(H,50,56). The highest BCUT2D eigenvalue weighted by molar-refractivity contribution is 6.30. The van der Waals surface area contributed by atoms with Crippen LogP contribution in [0.2, 0.25) is 5.02 Å². The molecule has 10 nitrogen and oxygen atoms in total. The lowest BCUT2D eigenvalue weighted by atomic mass is 10.0. The summed E-state index contributed by atoms with van der Waals surface area (Å²) in [4.78, 5) is 50.6. The lowest BCUT2D eigenvalue weighted by Crippen LogP contribution is -2.57. The van der Waals surface area contributed by atoms with Gasteiger partial charge in [-0.2, -0.15) is 0 Å². The first-order chi connectivity index (χ1) is 27.4. The molecule has 12 heteroatoms. The van der Waals surface area contributed by atoms with E-state index >= 15 is 0 Å². The van der Waals surface area contributed by atoms with Crippen molar-refractivity contribution >= 4 is 74.1 Å². The van der Waals surface area contributed by atoms with Crippen LogP contribution >= 0.6 is 23.2 Å². The second kappa shape index (κ2) is 16.8. The molecule has 280 valence electrons. The molecule has 7 aromatic rings. The molecule has 0 saturated carbocycles. The zero-order valence-corrected chi connectivity index (χ0v) is 31.9. The Morgan fingerprint density at radius 2 is 1.18 bits per heavy atom. The van der Waals surface area contributed by atoms with Crippen molar-refractivity contribution in [3.05, 3.63) is 139 Å². The third kappa shape index (κ3) is 8.63. The normalized spacial score (nSPS) is 14.4. The van der Waals surface area contributed by atoms with Crippen LogP contribution in [0, 0.1) is 0 Å². The van der Waals surface area contributed by atoms with Gasteiger partial charge in [-0.05, 0) is 79.2 Å². The minimum Gasteiger partial charge on any atom is -0.369 e. The zero-order chi connectivity index (χ0) is 38.4. The van der Waals surface area contributed by atoms with Crippen LogP contribution in [0.3, 0.4) is 0 Å². The molecule has 1 fully saturated rings. The Bertz CT molecular complexity index is 2510. The Labute approximate surface area is 334 Å². The number of carbonyl (C=O) groups excluding carboxylic acids is 2. The van der Waals surface area contributed by atoms with Crippen LogP contribution in [0.4, 0.5) is 17.1 Å². The van der Waals surface area contributed by atoms with Crippen molar-refractivity contribution in [3.63, 3.8) is 0 Å². The number of para-hydroxylation sites is 4. The van der Waals surface area contributed by atoms with Gasteiger partial charge in [0.1, 0.15) is 6.04 Å². The number of amides is 2. The Kier molecular flexibility index (Phi) is 11.1. The monoisotopic (exact) mass is 780 g/mol. The van der Waals surface area contributed by atoms with Crippen molar-refractivity contribution in [2.24, 2.45) is 0 Å². The Balaban J connectivity index is 0.962. The predicted octanol–water partition coefficient (Wildman–Crippen LogP) is 8.72. The molecular formula is C44H38Cl2N8O2. The van der Waals surface area contributed by atoms with E-state index in [-0.39, 0.29) is 24.7 Å². The Morgan fingerprint density at radius 1 is 0.643 bits per heavy atom. The van der Waals surface area contributed by atoms with Crippen LogP contribution in [0.5, 0.6) is 0 Å². The smallest absolute Gasteiger partial charge is 0.243 e. The topological polar surface area (TPSA) is 116 Å². The van der Waals surface area contributed by atoms with Gasteiger partial charge in [-0.1, -0.05) is 60.1 Å². The van der Waals surface area contributed by atoms with E-state index in [4.69, 9.17) is 33.2 Å². The van der Waals surface area contributed by atoms with Crippen LogP contribution in [0.15, 0.2) is 134 Å². The van der Waals surface area contributed by atoms with Crippen molar-refractivity contribution in [2.75, 3.05) is 41.7 Å². The second-order valence-corrected chi connectivity index (χ2v) is 14.7. The first-order valence-corrected chi connectivity index (χ1v) is 19.3. The molecule has 0 radical (unpaired) electrons. The molecule has 56 heavy (non-hydrogen) atoms. The molecule has 1 saturated heterocycles. The number of piperazine rings is 1. The van der Waals surface area contributed by atoms with Crippen molar-refractivity contribution in [1.82, 2.24) is 24.8 Å². The number of nitrogens with one attached hydrogen (secondary N) is 2. The number of nitrogens with zero attached hydrogens (tertiary/aromatic N) is 6. The maximum Gasteiger partial charge on any atom is 0.243 e. The molecule has 3 heterocycles. The average Bonchev–Trinajstić information content (AvgIpc) is 3.23. The summed E-state index contributed by atoms with van der Waals surface area (Å²) in [6.45, 7) is 2.60. The van der Waals surface area contributed by atoms with Crippen LogP contribution in [0.25, 0.3) is 44.6 Å². The fourth-order valence-electron chi connectivity index (χ4n) is 7.04. The van der Waals surface area contributed by atoms with Gasteiger partial charge in [0.25, 0.3) is 0 Å². The molecule has 1 aliphatic heterocycles. The van der Waals surface area contributed by atoms with E-state index in [1.54, 1.807) is 12.4 Å². The summed E-state index contributed by atoms with van der Waals surface area (Å²) in [5.74, 6) is -0.440. The molecule has 2 N–H and O–H groups in total. The number of rotatable bonds is 11. The van der Waals surface area contributed by atoms with Gasteiger partial charge < -0.3 is 15.5 Å². The van der Waals surface area contributed by atoms with Gasteiger partial charge in [-0.25, -0.2) is 9.97 Å². The number of aromatic nitrogens is 4. The maximum atomic E-state index is 14.2. The number of hydrogen-bond acceptors (Lipinski definition) is 8. The molecule has 2 unspecified atom stereocenters. The number of halogens is 2. The Hall–Kier alpha value is -5.94. The van der Waals surface area contributed by atoms with Gasteiger partial charge in [0.05, 0.1) is 51.2 Å². The number of hydrogen-bond donors (Lipinski definition) is 2. The van der Waals surface area contributed by atoms with Gasteiger partial charge in [0.2, 0.25) is 11.8 Å². The minimum atomic E-state index is -0.698. The van der Waals surface area contributed by atoms with Crippen LogP contribution < -0.4 is 15.5 Å². The van der Waals surface area contributed by atoms with Crippen molar-refractivity contribution in [3.8, 4) is 22.5 Å². The number of alkyl halides is 1. The highest BCUT2D eigenvalue weighted by atomic mass is 35.5. The largest absolute Gasteiger partial charge is 0.369 e. The summed E-state index contributed by atoms with van der Waals surface area (Å²) in [7, 11) is 0. The van der Waals surface area contributed by atoms with E-state index in [2.05, 4.69) is 30.4 Å². The van der Waals surface area contributed by atoms with Crippen molar-refractivity contribution in [2.45, 2.75) is 24.3 Å². The van der Waals surface area contributed by atoms with E-state index in [0.717, 1.165) is 38.9 Å². The molecule has 2 atom stereocenters. The SMILES string of the molecule is O=C(CCC(Cl)C(C(=O)Nc1cccc(-c2cnc3ccccc3n2)c1)N1CCN(c2ccc(Cl)cc2)CC1)Nc1cccc(-c2cnc3ccccc3n2)c1. The first kappa shape index (κ1) is 37.0. The summed E-state index contributed by atoms with van der Waals surface area (Å²) in [5, 5.41) is 6.16. The zero-order valence-electron chi connectivity index (χ0n) is 30.4. The Morgan fingerprint density at radius 3 is 1.75 bits per heavy atom. The van der Waals surface area contributed by atoms with Crippen molar-refractivity contribution < 1.29 is 9.59 Å². The summed E-state index contributed by atoms with van der Waals surface area (Å²) < 4.78 is 0. The van der Waals surface area contributed by atoms with Gasteiger partial charge in [-0.3, -0.25) is 24.5 Å². The summed E-state index contributed by atoms with van der Waals surface area (Å²) in [5.41, 5.74) is 8.60. The van der Waals surface area contributed by atoms with Gasteiger partial charge in [0, 0.05) is 65.8 Å². The quantitative estimate of drug-likeness (QED) is 0.125. The number of fused-ring (bicyclic) bond motifs is 2. The minimum absolute atomic E-state index is 0.124. The maximum absolute atomic E-state index is 14.2. The second-order valence-electron chi connectivity index (χ2n) is 13.7. The average molecular weight is 782 g/mol. The molecule has 0 aliphatic carbocycles. The summed E-state index contributed by atoms with van der Waals surface area (Å²) in [6, 6.07) is 37.5. The van der Waals surface area contributed by atoms with E-state index in [1.165, 1.54) is 0 Å². The molecule has 8 rings (SSSR count). The molecular weight excluding hydrogens is 743 g/mol. The highest BCUT2D eigenvalue weighted by Crippen LogP contribution is 2.27. The molecule has 5 aromatic carbocycles. The molecule has 0 spiro atoms. The third-order valence-electron chi connectivity index (χ3n) is 9.92. The van der Waals surface area contributed by atoms with E-state index < -0.39 is 11.4 Å². The third-order valence-corrected chi connectivity index (χ3v) is 10.6. The molecule has 1 aliphatic rings. The first-order valence-electron chi connectivity index (χ1n) is 18.5. The summed E-state index contributed by atoms with van der Waals surface area (Å²) >= 11 is 13.3. The lowest BCUT2D eigenvalue weighted by molar-refractivity contribution is -0.122. The number of carbonyl (C=O) groups is 2. The van der Waals surface area contributed by atoms with Gasteiger partial charge in [-0.15, -0.1) is 11.6 Å². The summed E-state index contributed by atoms with van der Waals surface area (Å²) in [6.07, 6.45) is 3.87. The lowest BCUT2D eigenvalue weighted by Gasteiger charge is -2.41.